The molecule has 118 valence electrons. The lowest BCUT2D eigenvalue weighted by Gasteiger charge is -2.29. The Balaban J connectivity index is 1.63. The van der Waals surface area contributed by atoms with Crippen molar-refractivity contribution in [3.8, 4) is 5.75 Å². The summed E-state index contributed by atoms with van der Waals surface area (Å²) < 4.78 is 10.0. The molecular formula is C16H21N3O3. The molecule has 6 heteroatoms. The molecule has 6 nitrogen and oxygen atoms in total. The van der Waals surface area contributed by atoms with Gasteiger partial charge in [-0.15, -0.1) is 0 Å². The van der Waals surface area contributed by atoms with Crippen LogP contribution in [0.1, 0.15) is 18.7 Å². The predicted molar refractivity (Wildman–Crippen MR) is 82.7 cm³/mol. The van der Waals surface area contributed by atoms with Crippen molar-refractivity contribution >= 4 is 17.0 Å². The number of piperidine rings is 1. The highest BCUT2D eigenvalue weighted by molar-refractivity contribution is 5.76. The highest BCUT2D eigenvalue weighted by Crippen LogP contribution is 2.22. The Morgan fingerprint density at radius 3 is 2.82 bits per heavy atom. The van der Waals surface area contributed by atoms with Gasteiger partial charge in [0.1, 0.15) is 11.6 Å². The van der Waals surface area contributed by atoms with Crippen LogP contribution < -0.4 is 4.74 Å². The summed E-state index contributed by atoms with van der Waals surface area (Å²) >= 11 is 0. The third kappa shape index (κ3) is 3.06. The second-order valence-electron chi connectivity index (χ2n) is 5.64. The SMILES string of the molecule is COC(=O)C1CCN(Cc2nc3ccc(OC)cc3[nH]2)CC1. The van der Waals surface area contributed by atoms with Crippen LogP contribution in [0, 0.1) is 5.92 Å². The normalized spacial score (nSPS) is 16.8. The fourth-order valence-corrected chi connectivity index (χ4v) is 2.95. The third-order valence-electron chi connectivity index (χ3n) is 4.23. The summed E-state index contributed by atoms with van der Waals surface area (Å²) in [6.45, 7) is 2.55. The molecule has 2 aromatic rings. The number of hydrogen-bond acceptors (Lipinski definition) is 5. The Kier molecular flexibility index (Phi) is 4.29. The van der Waals surface area contributed by atoms with Crippen molar-refractivity contribution in [3.05, 3.63) is 24.0 Å². The minimum Gasteiger partial charge on any atom is -0.497 e. The lowest BCUT2D eigenvalue weighted by molar-refractivity contribution is -0.147. The molecular weight excluding hydrogens is 282 g/mol. The van der Waals surface area contributed by atoms with Gasteiger partial charge in [0.05, 0.1) is 37.7 Å². The zero-order valence-electron chi connectivity index (χ0n) is 13.0. The number of aromatic amines is 1. The first-order chi connectivity index (χ1) is 10.7. The van der Waals surface area contributed by atoms with E-state index in [0.717, 1.165) is 55.1 Å². The van der Waals surface area contributed by atoms with E-state index in [0.29, 0.717) is 0 Å². The Bertz CT molecular complexity index is 660. The number of likely N-dealkylation sites (tertiary alicyclic amines) is 1. The van der Waals surface area contributed by atoms with Crippen LogP contribution in [0.5, 0.6) is 5.75 Å². The van der Waals surface area contributed by atoms with Crippen molar-refractivity contribution in [2.45, 2.75) is 19.4 Å². The number of benzene rings is 1. The van der Waals surface area contributed by atoms with Crippen LogP contribution in [-0.2, 0) is 16.1 Å². The summed E-state index contributed by atoms with van der Waals surface area (Å²) in [7, 11) is 3.11. The predicted octanol–water partition coefficient (Wildman–Crippen LogP) is 1.96. The van der Waals surface area contributed by atoms with E-state index in [1.807, 2.05) is 18.2 Å². The zero-order valence-corrected chi connectivity index (χ0v) is 13.0. The first-order valence-corrected chi connectivity index (χ1v) is 7.52. The van der Waals surface area contributed by atoms with E-state index in [1.54, 1.807) is 7.11 Å². The van der Waals surface area contributed by atoms with E-state index in [1.165, 1.54) is 7.11 Å². The monoisotopic (exact) mass is 303 g/mol. The van der Waals surface area contributed by atoms with Gasteiger partial charge in [0.25, 0.3) is 0 Å². The molecule has 0 spiro atoms. The molecule has 1 N–H and O–H groups in total. The number of nitrogens with zero attached hydrogens (tertiary/aromatic N) is 2. The fraction of sp³-hybridized carbons (Fsp3) is 0.500. The second kappa shape index (κ2) is 6.36. The van der Waals surface area contributed by atoms with E-state index >= 15 is 0 Å². The van der Waals surface area contributed by atoms with Crippen molar-refractivity contribution in [2.24, 2.45) is 5.92 Å². The molecule has 2 heterocycles. The van der Waals surface area contributed by atoms with Crippen molar-refractivity contribution in [2.75, 3.05) is 27.3 Å². The number of hydrogen-bond donors (Lipinski definition) is 1. The molecule has 0 unspecified atom stereocenters. The first-order valence-electron chi connectivity index (χ1n) is 7.52. The molecule has 0 saturated carbocycles. The van der Waals surface area contributed by atoms with Gasteiger partial charge in [0.15, 0.2) is 0 Å². The summed E-state index contributed by atoms with van der Waals surface area (Å²) in [5, 5.41) is 0. The largest absolute Gasteiger partial charge is 0.497 e. The Hall–Kier alpha value is -2.08. The van der Waals surface area contributed by atoms with Crippen LogP contribution in [-0.4, -0.2) is 48.1 Å². The van der Waals surface area contributed by atoms with Gasteiger partial charge < -0.3 is 14.5 Å². The molecule has 0 aliphatic carbocycles. The van der Waals surface area contributed by atoms with Gasteiger partial charge >= 0.3 is 5.97 Å². The average molecular weight is 303 g/mol. The van der Waals surface area contributed by atoms with Gasteiger partial charge in [0, 0.05) is 6.07 Å². The van der Waals surface area contributed by atoms with Gasteiger partial charge in [0.2, 0.25) is 0 Å². The lowest BCUT2D eigenvalue weighted by Crippen LogP contribution is -2.36. The number of rotatable bonds is 4. The smallest absolute Gasteiger partial charge is 0.308 e. The Morgan fingerprint density at radius 1 is 1.36 bits per heavy atom. The molecule has 3 rings (SSSR count). The van der Waals surface area contributed by atoms with Crippen molar-refractivity contribution in [1.29, 1.82) is 0 Å². The molecule has 0 amide bonds. The molecule has 0 atom stereocenters. The Labute approximate surface area is 129 Å². The van der Waals surface area contributed by atoms with Crippen LogP contribution in [0.4, 0.5) is 0 Å². The molecule has 1 aromatic carbocycles. The number of esters is 1. The highest BCUT2D eigenvalue weighted by atomic mass is 16.5. The number of carbonyl (C=O) groups is 1. The summed E-state index contributed by atoms with van der Waals surface area (Å²) in [6.07, 6.45) is 1.70. The maximum absolute atomic E-state index is 11.5. The number of nitrogens with one attached hydrogen (secondary N) is 1. The summed E-state index contributed by atoms with van der Waals surface area (Å²) in [6, 6.07) is 5.82. The minimum atomic E-state index is -0.0875. The van der Waals surface area contributed by atoms with Crippen LogP contribution in [0.2, 0.25) is 0 Å². The van der Waals surface area contributed by atoms with Crippen molar-refractivity contribution in [1.82, 2.24) is 14.9 Å². The number of ether oxygens (including phenoxy) is 2. The van der Waals surface area contributed by atoms with E-state index < -0.39 is 0 Å². The maximum Gasteiger partial charge on any atom is 0.308 e. The lowest BCUT2D eigenvalue weighted by atomic mass is 9.97. The van der Waals surface area contributed by atoms with Gasteiger partial charge in [-0.1, -0.05) is 0 Å². The fourth-order valence-electron chi connectivity index (χ4n) is 2.95. The number of carbonyl (C=O) groups excluding carboxylic acids is 1. The van der Waals surface area contributed by atoms with E-state index in [-0.39, 0.29) is 11.9 Å². The maximum atomic E-state index is 11.5. The van der Waals surface area contributed by atoms with Crippen LogP contribution in [0.25, 0.3) is 11.0 Å². The van der Waals surface area contributed by atoms with Crippen LogP contribution in [0.15, 0.2) is 18.2 Å². The van der Waals surface area contributed by atoms with E-state index in [9.17, 15) is 4.79 Å². The molecule has 1 saturated heterocycles. The highest BCUT2D eigenvalue weighted by Gasteiger charge is 2.25. The summed E-state index contributed by atoms with van der Waals surface area (Å²) in [5.74, 6) is 1.72. The summed E-state index contributed by atoms with van der Waals surface area (Å²) in [4.78, 5) is 21.8. The minimum absolute atomic E-state index is 0.0428. The third-order valence-corrected chi connectivity index (χ3v) is 4.23. The first kappa shape index (κ1) is 14.8. The van der Waals surface area contributed by atoms with Crippen molar-refractivity contribution in [3.63, 3.8) is 0 Å². The molecule has 1 aliphatic rings. The van der Waals surface area contributed by atoms with E-state index in [2.05, 4.69) is 14.9 Å². The number of imidazole rings is 1. The van der Waals surface area contributed by atoms with Gasteiger partial charge in [-0.2, -0.15) is 0 Å². The summed E-state index contributed by atoms with van der Waals surface area (Å²) in [5.41, 5.74) is 1.93. The van der Waals surface area contributed by atoms with Gasteiger partial charge in [-0.3, -0.25) is 9.69 Å². The number of aromatic nitrogens is 2. The van der Waals surface area contributed by atoms with Gasteiger partial charge in [-0.05, 0) is 38.1 Å². The molecule has 1 fully saturated rings. The Morgan fingerprint density at radius 2 is 2.14 bits per heavy atom. The standard InChI is InChI=1S/C16H21N3O3/c1-21-12-3-4-13-14(9-12)18-15(17-13)10-19-7-5-11(6-8-19)16(20)22-2/h3-4,9,11H,5-8,10H2,1-2H3,(H,17,18). The molecule has 22 heavy (non-hydrogen) atoms. The average Bonchev–Trinajstić information content (AvgIpc) is 2.95. The number of methoxy groups -OCH3 is 2. The van der Waals surface area contributed by atoms with E-state index in [4.69, 9.17) is 9.47 Å². The molecule has 1 aliphatic heterocycles. The second-order valence-corrected chi connectivity index (χ2v) is 5.64. The quantitative estimate of drug-likeness (QED) is 0.875. The van der Waals surface area contributed by atoms with Crippen LogP contribution in [0.3, 0.4) is 0 Å². The van der Waals surface area contributed by atoms with Gasteiger partial charge in [-0.25, -0.2) is 4.98 Å². The molecule has 1 aromatic heterocycles. The topological polar surface area (TPSA) is 67.4 Å². The molecule has 0 radical (unpaired) electrons. The molecule has 0 bridgehead atoms. The van der Waals surface area contributed by atoms with Crippen molar-refractivity contribution < 1.29 is 14.3 Å². The number of fused-ring (bicyclic) bond motifs is 1. The van der Waals surface area contributed by atoms with Crippen LogP contribution >= 0.6 is 0 Å². The number of H-pyrrole nitrogens is 1. The zero-order chi connectivity index (χ0) is 15.5.